The third-order valence-electron chi connectivity index (χ3n) is 3.60. The summed E-state index contributed by atoms with van der Waals surface area (Å²) in [6.07, 6.45) is 0. The van der Waals surface area contributed by atoms with E-state index >= 15 is 0 Å². The van der Waals surface area contributed by atoms with Crippen molar-refractivity contribution in [3.63, 3.8) is 0 Å². The van der Waals surface area contributed by atoms with Crippen LogP contribution in [0.1, 0.15) is 22.8 Å². The van der Waals surface area contributed by atoms with Gasteiger partial charge in [0.2, 0.25) is 0 Å². The van der Waals surface area contributed by atoms with Crippen molar-refractivity contribution in [1.82, 2.24) is 4.90 Å². The summed E-state index contributed by atoms with van der Waals surface area (Å²) in [5.74, 6) is -0.856. The molecule has 1 aromatic rings. The van der Waals surface area contributed by atoms with Gasteiger partial charge in [0.15, 0.2) is 0 Å². The lowest BCUT2D eigenvalue weighted by Gasteiger charge is -2.40. The number of benzene rings is 1. The first-order chi connectivity index (χ1) is 8.49. The molecule has 1 aliphatic heterocycles. The molecule has 1 fully saturated rings. The van der Waals surface area contributed by atoms with Crippen LogP contribution in [0.5, 0.6) is 0 Å². The molecule has 0 amide bonds. The molecule has 1 heterocycles. The zero-order chi connectivity index (χ0) is 13.3. The van der Waals surface area contributed by atoms with Gasteiger partial charge in [-0.2, -0.15) is 0 Å². The van der Waals surface area contributed by atoms with E-state index in [4.69, 9.17) is 5.11 Å². The predicted molar refractivity (Wildman–Crippen MR) is 72.4 cm³/mol. The normalized spacial score (nSPS) is 21.1. The molecule has 0 saturated carbocycles. The molecular formula is C14H20N2O2. The smallest absolute Gasteiger partial charge is 0.335 e. The van der Waals surface area contributed by atoms with Crippen LogP contribution in [0.25, 0.3) is 0 Å². The molecule has 1 unspecified atom stereocenters. The third-order valence-corrected chi connectivity index (χ3v) is 3.60. The molecule has 1 aliphatic rings. The lowest BCUT2D eigenvalue weighted by atomic mass is 10.1. The van der Waals surface area contributed by atoms with Gasteiger partial charge in [-0.25, -0.2) is 4.79 Å². The summed E-state index contributed by atoms with van der Waals surface area (Å²) >= 11 is 0. The van der Waals surface area contributed by atoms with Gasteiger partial charge >= 0.3 is 5.97 Å². The number of carboxylic acids is 1. The number of likely N-dealkylation sites (N-methyl/N-ethyl adjacent to an activating group) is 1. The minimum Gasteiger partial charge on any atom is -0.478 e. The van der Waals surface area contributed by atoms with Gasteiger partial charge in [-0.05, 0) is 44.7 Å². The van der Waals surface area contributed by atoms with E-state index < -0.39 is 5.97 Å². The molecular weight excluding hydrogens is 228 g/mol. The number of hydrogen-bond donors (Lipinski definition) is 1. The molecule has 2 rings (SSSR count). The van der Waals surface area contributed by atoms with Crippen LogP contribution < -0.4 is 4.90 Å². The number of anilines is 1. The summed E-state index contributed by atoms with van der Waals surface area (Å²) in [5.41, 5.74) is 2.34. The molecule has 0 spiro atoms. The molecule has 1 N–H and O–H groups in total. The number of piperazine rings is 1. The predicted octanol–water partition coefficient (Wildman–Crippen LogP) is 1.83. The zero-order valence-electron chi connectivity index (χ0n) is 11.2. The molecule has 4 nitrogen and oxygen atoms in total. The van der Waals surface area contributed by atoms with Gasteiger partial charge in [-0.1, -0.05) is 0 Å². The first-order valence-electron chi connectivity index (χ1n) is 6.28. The van der Waals surface area contributed by atoms with Gasteiger partial charge < -0.3 is 14.9 Å². The third kappa shape index (κ3) is 2.48. The van der Waals surface area contributed by atoms with Crippen molar-refractivity contribution in [3.8, 4) is 0 Å². The summed E-state index contributed by atoms with van der Waals surface area (Å²) in [5, 5.41) is 9.03. The Kier molecular flexibility index (Phi) is 3.57. The quantitative estimate of drug-likeness (QED) is 0.867. The van der Waals surface area contributed by atoms with Crippen molar-refractivity contribution < 1.29 is 9.90 Å². The lowest BCUT2D eigenvalue weighted by Crippen LogP contribution is -2.50. The number of rotatable bonds is 2. The average molecular weight is 248 g/mol. The summed E-state index contributed by atoms with van der Waals surface area (Å²) in [6, 6.07) is 6.06. The van der Waals surface area contributed by atoms with Gasteiger partial charge in [-0.15, -0.1) is 0 Å². The Morgan fingerprint density at radius 1 is 1.39 bits per heavy atom. The molecule has 0 aromatic heterocycles. The summed E-state index contributed by atoms with van der Waals surface area (Å²) in [4.78, 5) is 15.7. The average Bonchev–Trinajstić information content (AvgIpc) is 2.28. The van der Waals surface area contributed by atoms with Gasteiger partial charge in [-0.3, -0.25) is 0 Å². The van der Waals surface area contributed by atoms with E-state index in [2.05, 4.69) is 23.8 Å². The summed E-state index contributed by atoms with van der Waals surface area (Å²) in [6.45, 7) is 7.14. The molecule has 1 atom stereocenters. The van der Waals surface area contributed by atoms with Gasteiger partial charge in [0.05, 0.1) is 5.56 Å². The number of hydrogen-bond acceptors (Lipinski definition) is 3. The van der Waals surface area contributed by atoms with Crippen molar-refractivity contribution >= 4 is 11.7 Å². The number of aromatic carboxylic acids is 1. The zero-order valence-corrected chi connectivity index (χ0v) is 11.2. The maximum atomic E-state index is 11.0. The second kappa shape index (κ2) is 4.98. The Hall–Kier alpha value is -1.55. The van der Waals surface area contributed by atoms with Crippen LogP contribution in [-0.2, 0) is 0 Å². The second-order valence-corrected chi connectivity index (χ2v) is 5.11. The van der Waals surface area contributed by atoms with Crippen LogP contribution in [0.3, 0.4) is 0 Å². The Morgan fingerprint density at radius 3 is 2.67 bits per heavy atom. The Morgan fingerprint density at radius 2 is 2.11 bits per heavy atom. The largest absolute Gasteiger partial charge is 0.478 e. The van der Waals surface area contributed by atoms with E-state index in [0.29, 0.717) is 11.6 Å². The van der Waals surface area contributed by atoms with Gasteiger partial charge in [0.25, 0.3) is 0 Å². The van der Waals surface area contributed by atoms with Crippen molar-refractivity contribution in [1.29, 1.82) is 0 Å². The van der Waals surface area contributed by atoms with E-state index in [1.807, 2.05) is 19.1 Å². The summed E-state index contributed by atoms with van der Waals surface area (Å²) < 4.78 is 0. The van der Waals surface area contributed by atoms with Crippen molar-refractivity contribution in [2.24, 2.45) is 0 Å². The first-order valence-corrected chi connectivity index (χ1v) is 6.28. The standard InChI is InChI=1S/C14H20N2O2/c1-10-8-12(4-5-13(10)14(17)18)16-7-6-15(3)9-11(16)2/h4-5,8,11H,6-7,9H2,1-3H3,(H,17,18). The highest BCUT2D eigenvalue weighted by atomic mass is 16.4. The number of carbonyl (C=O) groups is 1. The summed E-state index contributed by atoms with van der Waals surface area (Å²) in [7, 11) is 2.13. The van der Waals surface area contributed by atoms with E-state index in [9.17, 15) is 4.79 Å². The SMILES string of the molecule is Cc1cc(N2CCN(C)CC2C)ccc1C(=O)O. The van der Waals surface area contributed by atoms with Crippen LogP contribution in [-0.4, -0.2) is 48.7 Å². The maximum absolute atomic E-state index is 11.0. The van der Waals surface area contributed by atoms with Crippen molar-refractivity contribution in [3.05, 3.63) is 29.3 Å². The fraction of sp³-hybridized carbons (Fsp3) is 0.500. The van der Waals surface area contributed by atoms with E-state index in [0.717, 1.165) is 30.9 Å². The van der Waals surface area contributed by atoms with Gasteiger partial charge in [0, 0.05) is 31.4 Å². The highest BCUT2D eigenvalue weighted by Gasteiger charge is 2.22. The lowest BCUT2D eigenvalue weighted by molar-refractivity contribution is 0.0696. The highest BCUT2D eigenvalue weighted by Crippen LogP contribution is 2.23. The molecule has 98 valence electrons. The van der Waals surface area contributed by atoms with E-state index in [1.165, 1.54) is 0 Å². The van der Waals surface area contributed by atoms with Crippen molar-refractivity contribution in [2.75, 3.05) is 31.6 Å². The highest BCUT2D eigenvalue weighted by molar-refractivity contribution is 5.89. The Bertz CT molecular complexity index is 459. The second-order valence-electron chi connectivity index (χ2n) is 5.11. The number of carboxylic acid groups (broad SMARTS) is 1. The number of nitrogens with zero attached hydrogens (tertiary/aromatic N) is 2. The molecule has 0 bridgehead atoms. The van der Waals surface area contributed by atoms with E-state index in [1.54, 1.807) is 6.07 Å². The number of aryl methyl sites for hydroxylation is 1. The Labute approximate surface area is 108 Å². The minimum absolute atomic E-state index is 0.389. The molecule has 18 heavy (non-hydrogen) atoms. The molecule has 1 aromatic carbocycles. The first kappa shape index (κ1) is 12.9. The topological polar surface area (TPSA) is 43.8 Å². The minimum atomic E-state index is -0.856. The Balaban J connectivity index is 2.24. The molecule has 0 radical (unpaired) electrons. The van der Waals surface area contributed by atoms with Crippen LogP contribution in [0.2, 0.25) is 0 Å². The fourth-order valence-electron chi connectivity index (χ4n) is 2.59. The van der Waals surface area contributed by atoms with Crippen molar-refractivity contribution in [2.45, 2.75) is 19.9 Å². The molecule has 4 heteroatoms. The van der Waals surface area contributed by atoms with Crippen LogP contribution in [0.4, 0.5) is 5.69 Å². The fourth-order valence-corrected chi connectivity index (χ4v) is 2.59. The molecule has 0 aliphatic carbocycles. The van der Waals surface area contributed by atoms with Crippen LogP contribution >= 0.6 is 0 Å². The molecule has 1 saturated heterocycles. The van der Waals surface area contributed by atoms with Crippen LogP contribution in [0.15, 0.2) is 18.2 Å². The van der Waals surface area contributed by atoms with Crippen LogP contribution in [0, 0.1) is 6.92 Å². The van der Waals surface area contributed by atoms with Gasteiger partial charge in [0.1, 0.15) is 0 Å². The monoisotopic (exact) mass is 248 g/mol. The maximum Gasteiger partial charge on any atom is 0.335 e. The van der Waals surface area contributed by atoms with E-state index in [-0.39, 0.29) is 0 Å².